The summed E-state index contributed by atoms with van der Waals surface area (Å²) in [4.78, 5) is 9.46. The lowest BCUT2D eigenvalue weighted by Crippen LogP contribution is -1.92. The molecule has 12 aromatic rings. The zero-order chi connectivity index (χ0) is 37.5. The van der Waals surface area contributed by atoms with E-state index in [2.05, 4.69) is 168 Å². The van der Waals surface area contributed by atoms with Crippen molar-refractivity contribution in [3.8, 4) is 50.3 Å². The van der Waals surface area contributed by atoms with E-state index in [4.69, 9.17) is 18.8 Å². The fourth-order valence-corrected chi connectivity index (χ4v) is 8.66. The van der Waals surface area contributed by atoms with Crippen LogP contribution in [0.3, 0.4) is 0 Å². The summed E-state index contributed by atoms with van der Waals surface area (Å²) in [6.07, 6.45) is 1.62. The third-order valence-electron chi connectivity index (χ3n) is 11.3. The van der Waals surface area contributed by atoms with Gasteiger partial charge in [0, 0.05) is 38.2 Å². The van der Waals surface area contributed by atoms with Gasteiger partial charge < -0.3 is 13.4 Å². The molecule has 0 aliphatic rings. The van der Waals surface area contributed by atoms with Crippen LogP contribution >= 0.6 is 0 Å². The number of para-hydroxylation sites is 2. The molecule has 266 valence electrons. The molecule has 0 aliphatic carbocycles. The van der Waals surface area contributed by atoms with Crippen LogP contribution in [-0.2, 0) is 0 Å². The molecular weight excluding hydrogens is 699 g/mol. The topological polar surface area (TPSA) is 57.0 Å². The van der Waals surface area contributed by atoms with Crippen LogP contribution < -0.4 is 0 Å². The zero-order valence-corrected chi connectivity index (χ0v) is 30.6. The van der Waals surface area contributed by atoms with Gasteiger partial charge >= 0.3 is 0 Å². The summed E-state index contributed by atoms with van der Waals surface area (Å²) in [6.45, 7) is 0. The summed E-state index contributed by atoms with van der Waals surface area (Å²) in [6, 6.07) is 64.1. The lowest BCUT2D eigenvalue weighted by atomic mass is 9.97. The second kappa shape index (κ2) is 12.4. The molecule has 0 saturated carbocycles. The Labute approximate surface area is 326 Å². The monoisotopic (exact) mass is 729 g/mol. The maximum absolute atomic E-state index is 6.59. The molecule has 0 fully saturated rings. The average Bonchev–Trinajstić information content (AvgIpc) is 3.96. The summed E-state index contributed by atoms with van der Waals surface area (Å²) in [5.74, 6) is 0. The molecule has 0 N–H and O–H groups in total. The molecule has 8 aromatic carbocycles. The van der Waals surface area contributed by atoms with Crippen molar-refractivity contribution in [2.24, 2.45) is 0 Å². The Bertz CT molecular complexity index is 3500. The molecule has 0 unspecified atom stereocenters. The van der Waals surface area contributed by atoms with E-state index in [0.717, 1.165) is 77.6 Å². The van der Waals surface area contributed by atoms with Crippen molar-refractivity contribution in [2.75, 3.05) is 0 Å². The van der Waals surface area contributed by atoms with Gasteiger partial charge in [-0.05, 0) is 94.0 Å². The maximum Gasteiger partial charge on any atom is 0.180 e. The quantitative estimate of drug-likeness (QED) is 0.177. The molecule has 57 heavy (non-hydrogen) atoms. The summed E-state index contributed by atoms with van der Waals surface area (Å²) in [7, 11) is 0. The number of nitrogens with zero attached hydrogens (tertiary/aromatic N) is 3. The Kier molecular flexibility index (Phi) is 6.86. The molecule has 0 amide bonds. The third-order valence-corrected chi connectivity index (χ3v) is 11.3. The number of rotatable bonds is 5. The Hall–Kier alpha value is -7.76. The zero-order valence-electron chi connectivity index (χ0n) is 30.6. The van der Waals surface area contributed by atoms with E-state index >= 15 is 0 Å². The van der Waals surface area contributed by atoms with Crippen LogP contribution in [0.5, 0.6) is 0 Å². The molecule has 0 spiro atoms. The number of furan rings is 2. The minimum Gasteiger partial charge on any atom is -0.456 e. The second-order valence-corrected chi connectivity index (χ2v) is 14.6. The van der Waals surface area contributed by atoms with E-state index in [0.29, 0.717) is 5.58 Å². The van der Waals surface area contributed by atoms with Crippen molar-refractivity contribution in [3.63, 3.8) is 0 Å². The highest BCUT2D eigenvalue weighted by Gasteiger charge is 2.20. The third kappa shape index (κ3) is 4.96. The van der Waals surface area contributed by atoms with Gasteiger partial charge in [-0.2, -0.15) is 0 Å². The van der Waals surface area contributed by atoms with Crippen molar-refractivity contribution in [1.29, 1.82) is 0 Å². The molecule has 0 saturated heterocycles. The molecule has 5 nitrogen and oxygen atoms in total. The van der Waals surface area contributed by atoms with Crippen molar-refractivity contribution < 1.29 is 8.83 Å². The molecule has 0 bridgehead atoms. The van der Waals surface area contributed by atoms with Crippen LogP contribution in [0.2, 0.25) is 0 Å². The normalized spacial score (nSPS) is 11.9. The number of fused-ring (bicyclic) bond motifs is 9. The lowest BCUT2D eigenvalue weighted by molar-refractivity contribution is 0.666. The molecular formula is C52H31N3O2. The molecule has 0 radical (unpaired) electrons. The number of hydrogen-bond donors (Lipinski definition) is 0. The van der Waals surface area contributed by atoms with Crippen molar-refractivity contribution in [2.45, 2.75) is 0 Å². The summed E-state index contributed by atoms with van der Waals surface area (Å²) < 4.78 is 15.4. The van der Waals surface area contributed by atoms with E-state index in [-0.39, 0.29) is 0 Å². The van der Waals surface area contributed by atoms with Gasteiger partial charge in [-0.25, -0.2) is 9.97 Å². The highest BCUT2D eigenvalue weighted by molar-refractivity contribution is 6.16. The predicted molar refractivity (Wildman–Crippen MR) is 233 cm³/mol. The highest BCUT2D eigenvalue weighted by atomic mass is 16.3. The first kappa shape index (κ1) is 31.6. The number of aromatic nitrogens is 3. The first-order valence-corrected chi connectivity index (χ1v) is 19.1. The summed E-state index contributed by atoms with van der Waals surface area (Å²) in [5.41, 5.74) is 15.9. The van der Waals surface area contributed by atoms with Crippen LogP contribution in [0, 0.1) is 0 Å². The van der Waals surface area contributed by atoms with Crippen LogP contribution in [0.4, 0.5) is 0 Å². The Balaban J connectivity index is 0.943. The molecule has 12 rings (SSSR count). The Morgan fingerprint density at radius 3 is 1.93 bits per heavy atom. The van der Waals surface area contributed by atoms with Gasteiger partial charge in [-0.1, -0.05) is 121 Å². The molecule has 0 atom stereocenters. The Morgan fingerprint density at radius 2 is 1.07 bits per heavy atom. The first-order valence-electron chi connectivity index (χ1n) is 19.1. The van der Waals surface area contributed by atoms with E-state index in [1.165, 1.54) is 32.9 Å². The standard InChI is InChI=1S/C52H31N3O2/c1-3-10-32(11-4-1)33-18-20-34(21-19-33)35-24-27-46-43(28-35)51-52(57-46)50(53-31-54-51)37-22-25-41-48(30-37)56-47-17-9-15-39(49(41)47)36-23-26-45-42(29-36)40-14-7-8-16-44(40)55(45)38-12-5-2-6-13-38/h1-31H. The summed E-state index contributed by atoms with van der Waals surface area (Å²) in [5, 5.41) is 5.53. The van der Waals surface area contributed by atoms with Gasteiger partial charge in [-0.15, -0.1) is 0 Å². The van der Waals surface area contributed by atoms with Crippen molar-refractivity contribution >= 4 is 65.8 Å². The van der Waals surface area contributed by atoms with E-state index in [1.54, 1.807) is 6.33 Å². The van der Waals surface area contributed by atoms with Gasteiger partial charge in [0.1, 0.15) is 34.3 Å². The Morgan fingerprint density at radius 1 is 0.386 bits per heavy atom. The molecule has 4 heterocycles. The second-order valence-electron chi connectivity index (χ2n) is 14.6. The SMILES string of the molecule is c1ccc(-c2ccc(-c3ccc4oc5c(-c6ccc7c(c6)oc6cccc(-c8ccc9c(c8)c8ccccc8n9-c8ccccc8)c67)ncnc5c4c3)cc2)cc1. The van der Waals surface area contributed by atoms with E-state index < -0.39 is 0 Å². The number of hydrogen-bond acceptors (Lipinski definition) is 4. The van der Waals surface area contributed by atoms with Gasteiger partial charge in [0.15, 0.2) is 5.58 Å². The highest BCUT2D eigenvalue weighted by Crippen LogP contribution is 2.42. The maximum atomic E-state index is 6.59. The predicted octanol–water partition coefficient (Wildman–Crippen LogP) is 14.0. The first-order chi connectivity index (χ1) is 28.2. The van der Waals surface area contributed by atoms with Crippen LogP contribution in [-0.4, -0.2) is 14.5 Å². The van der Waals surface area contributed by atoms with Crippen molar-refractivity contribution in [1.82, 2.24) is 14.5 Å². The minimum atomic E-state index is 0.656. The summed E-state index contributed by atoms with van der Waals surface area (Å²) >= 11 is 0. The minimum absolute atomic E-state index is 0.656. The van der Waals surface area contributed by atoms with Crippen LogP contribution in [0.25, 0.3) is 116 Å². The molecule has 0 aliphatic heterocycles. The number of benzene rings is 8. The van der Waals surface area contributed by atoms with Crippen LogP contribution in [0.15, 0.2) is 197 Å². The van der Waals surface area contributed by atoms with Gasteiger partial charge in [0.05, 0.1) is 11.0 Å². The van der Waals surface area contributed by atoms with Gasteiger partial charge in [0.2, 0.25) is 0 Å². The molecule has 4 aromatic heterocycles. The van der Waals surface area contributed by atoms with Crippen molar-refractivity contribution in [3.05, 3.63) is 188 Å². The van der Waals surface area contributed by atoms with Gasteiger partial charge in [0.25, 0.3) is 0 Å². The average molecular weight is 730 g/mol. The smallest absolute Gasteiger partial charge is 0.180 e. The fraction of sp³-hybridized carbons (Fsp3) is 0. The van der Waals surface area contributed by atoms with E-state index in [9.17, 15) is 0 Å². The largest absolute Gasteiger partial charge is 0.456 e. The van der Waals surface area contributed by atoms with Crippen LogP contribution in [0.1, 0.15) is 0 Å². The lowest BCUT2D eigenvalue weighted by Gasteiger charge is -2.08. The fourth-order valence-electron chi connectivity index (χ4n) is 8.66. The van der Waals surface area contributed by atoms with Gasteiger partial charge in [-0.3, -0.25) is 0 Å². The molecule has 5 heteroatoms. The van der Waals surface area contributed by atoms with E-state index in [1.807, 2.05) is 18.2 Å².